The summed E-state index contributed by atoms with van der Waals surface area (Å²) in [6.45, 7) is 7.09. The topological polar surface area (TPSA) is 73.0 Å². The first-order chi connectivity index (χ1) is 13.5. The number of hydrogen-bond acceptors (Lipinski definition) is 5. The molecule has 1 fully saturated rings. The second kappa shape index (κ2) is 7.47. The fraction of sp³-hybridized carbons (Fsp3) is 0.381. The molecule has 146 valence electrons. The Balaban J connectivity index is 1.49. The number of aromatic nitrogens is 3. The summed E-state index contributed by atoms with van der Waals surface area (Å²) in [6.07, 6.45) is 4.96. The van der Waals surface area contributed by atoms with Gasteiger partial charge < -0.3 is 14.3 Å². The summed E-state index contributed by atoms with van der Waals surface area (Å²) in [5.74, 6) is 1.27. The van der Waals surface area contributed by atoms with Crippen molar-refractivity contribution in [2.45, 2.75) is 56.0 Å². The maximum Gasteiger partial charge on any atom is 0.241 e. The van der Waals surface area contributed by atoms with Crippen LogP contribution in [0.5, 0.6) is 0 Å². The van der Waals surface area contributed by atoms with Gasteiger partial charge in [0.1, 0.15) is 11.0 Å². The molecular formula is C21H24N4O2S. The number of furan rings is 1. The molecule has 0 atom stereocenters. The predicted molar refractivity (Wildman–Crippen MR) is 110 cm³/mol. The zero-order chi connectivity index (χ0) is 19.7. The first-order valence-electron chi connectivity index (χ1n) is 9.58. The number of carbonyl (C=O) groups excluding carboxylic acids is 1. The van der Waals surface area contributed by atoms with Crippen LogP contribution in [0.1, 0.15) is 45.1 Å². The zero-order valence-electron chi connectivity index (χ0n) is 16.3. The lowest BCUT2D eigenvalue weighted by Gasteiger charge is -2.15. The van der Waals surface area contributed by atoms with E-state index in [9.17, 15) is 4.79 Å². The van der Waals surface area contributed by atoms with E-state index in [1.165, 1.54) is 17.3 Å². The molecule has 1 aliphatic carbocycles. The van der Waals surface area contributed by atoms with Gasteiger partial charge in [0.25, 0.3) is 0 Å². The molecule has 0 bridgehead atoms. The van der Waals surface area contributed by atoms with Crippen molar-refractivity contribution >= 4 is 23.4 Å². The molecule has 1 saturated carbocycles. The molecule has 3 aromatic rings. The van der Waals surface area contributed by atoms with Gasteiger partial charge in [-0.2, -0.15) is 0 Å². The molecule has 4 rings (SSSR count). The van der Waals surface area contributed by atoms with Gasteiger partial charge in [-0.1, -0.05) is 37.7 Å². The summed E-state index contributed by atoms with van der Waals surface area (Å²) in [7, 11) is 0. The Morgan fingerprint density at radius 3 is 2.57 bits per heavy atom. The summed E-state index contributed by atoms with van der Waals surface area (Å²) in [5, 5.41) is 12.5. The Morgan fingerprint density at radius 2 is 2.00 bits per heavy atom. The summed E-state index contributed by atoms with van der Waals surface area (Å²) in [6, 6.07) is 9.94. The SMILES string of the molecule is CCn1c(SC2(C(=O)Nc3ccc(C(C)C)cc3)CC2)nnc1-c1ccoc1. The molecule has 0 unspecified atom stereocenters. The van der Waals surface area contributed by atoms with E-state index in [4.69, 9.17) is 4.42 Å². The molecule has 2 aromatic heterocycles. The molecule has 7 heteroatoms. The van der Waals surface area contributed by atoms with Gasteiger partial charge in [-0.25, -0.2) is 0 Å². The maximum atomic E-state index is 13.0. The Morgan fingerprint density at radius 1 is 1.25 bits per heavy atom. The van der Waals surface area contributed by atoms with Crippen LogP contribution in [0, 0.1) is 0 Å². The van der Waals surface area contributed by atoms with E-state index in [1.54, 1.807) is 12.5 Å². The Kier molecular flexibility index (Phi) is 5.02. The van der Waals surface area contributed by atoms with Crippen molar-refractivity contribution < 1.29 is 9.21 Å². The minimum Gasteiger partial charge on any atom is -0.472 e. The average Bonchev–Trinajstić information content (AvgIpc) is 3.10. The molecule has 0 aliphatic heterocycles. The van der Waals surface area contributed by atoms with E-state index >= 15 is 0 Å². The monoisotopic (exact) mass is 396 g/mol. The summed E-state index contributed by atoms with van der Waals surface area (Å²) in [5.41, 5.74) is 2.98. The average molecular weight is 397 g/mol. The van der Waals surface area contributed by atoms with Gasteiger partial charge in [-0.05, 0) is 49.4 Å². The quantitative estimate of drug-likeness (QED) is 0.612. The van der Waals surface area contributed by atoms with Crippen LogP contribution in [0.25, 0.3) is 11.4 Å². The molecule has 1 N–H and O–H groups in total. The van der Waals surface area contributed by atoms with Crippen molar-refractivity contribution in [2.75, 3.05) is 5.32 Å². The third-order valence-corrected chi connectivity index (χ3v) is 6.52. The summed E-state index contributed by atoms with van der Waals surface area (Å²) in [4.78, 5) is 13.0. The van der Waals surface area contributed by atoms with Crippen molar-refractivity contribution in [3.8, 4) is 11.4 Å². The lowest BCUT2D eigenvalue weighted by Crippen LogP contribution is -2.27. The minimum absolute atomic E-state index is 0.0327. The summed E-state index contributed by atoms with van der Waals surface area (Å²) >= 11 is 1.51. The van der Waals surface area contributed by atoms with Gasteiger partial charge in [0.2, 0.25) is 5.91 Å². The Labute approximate surface area is 168 Å². The van der Waals surface area contributed by atoms with Gasteiger partial charge in [0.15, 0.2) is 11.0 Å². The molecule has 0 saturated heterocycles. The number of thioether (sulfide) groups is 1. The molecule has 1 aromatic carbocycles. The van der Waals surface area contributed by atoms with Gasteiger partial charge in [0, 0.05) is 12.2 Å². The predicted octanol–water partition coefficient (Wildman–Crippen LogP) is 4.94. The molecule has 1 aliphatic rings. The highest BCUT2D eigenvalue weighted by Crippen LogP contribution is 2.52. The third kappa shape index (κ3) is 3.58. The first-order valence-corrected chi connectivity index (χ1v) is 10.4. The molecule has 28 heavy (non-hydrogen) atoms. The van der Waals surface area contributed by atoms with Crippen LogP contribution in [0.2, 0.25) is 0 Å². The standard InChI is InChI=1S/C21H24N4O2S/c1-4-25-18(16-9-12-27-13-16)23-24-20(25)28-21(10-11-21)19(26)22-17-7-5-15(6-8-17)14(2)3/h5-9,12-14H,4,10-11H2,1-3H3,(H,22,26). The number of rotatable bonds is 7. The highest BCUT2D eigenvalue weighted by molar-refractivity contribution is 8.01. The Hall–Kier alpha value is -2.54. The first kappa shape index (κ1) is 18.8. The highest BCUT2D eigenvalue weighted by atomic mass is 32.2. The number of carbonyl (C=O) groups is 1. The third-order valence-electron chi connectivity index (χ3n) is 5.05. The van der Waals surface area contributed by atoms with E-state index in [0.29, 0.717) is 5.92 Å². The summed E-state index contributed by atoms with van der Waals surface area (Å²) < 4.78 is 6.73. The Bertz CT molecular complexity index is 957. The molecule has 1 amide bonds. The lowest BCUT2D eigenvalue weighted by molar-refractivity contribution is -0.116. The number of amides is 1. The number of anilines is 1. The fourth-order valence-electron chi connectivity index (χ4n) is 3.11. The fourth-order valence-corrected chi connectivity index (χ4v) is 4.32. The minimum atomic E-state index is -0.468. The molecule has 0 radical (unpaired) electrons. The number of hydrogen-bond donors (Lipinski definition) is 1. The van der Waals surface area contributed by atoms with Crippen LogP contribution in [-0.4, -0.2) is 25.4 Å². The largest absolute Gasteiger partial charge is 0.472 e. The smallest absolute Gasteiger partial charge is 0.241 e. The second-order valence-corrected chi connectivity index (χ2v) is 8.74. The van der Waals surface area contributed by atoms with E-state index in [1.807, 2.05) is 29.7 Å². The van der Waals surface area contributed by atoms with Crippen molar-refractivity contribution in [3.63, 3.8) is 0 Å². The second-order valence-electron chi connectivity index (χ2n) is 7.39. The number of nitrogens with zero attached hydrogens (tertiary/aromatic N) is 3. The van der Waals surface area contributed by atoms with Crippen LogP contribution in [0.15, 0.2) is 52.4 Å². The van der Waals surface area contributed by atoms with Crippen LogP contribution >= 0.6 is 11.8 Å². The van der Waals surface area contributed by atoms with E-state index < -0.39 is 4.75 Å². The van der Waals surface area contributed by atoms with Gasteiger partial charge in [0.05, 0.1) is 11.8 Å². The van der Waals surface area contributed by atoms with E-state index in [2.05, 4.69) is 41.5 Å². The van der Waals surface area contributed by atoms with Crippen molar-refractivity contribution in [1.82, 2.24) is 14.8 Å². The highest BCUT2D eigenvalue weighted by Gasteiger charge is 2.52. The lowest BCUT2D eigenvalue weighted by atomic mass is 10.0. The van der Waals surface area contributed by atoms with Crippen LogP contribution in [-0.2, 0) is 11.3 Å². The van der Waals surface area contributed by atoms with Crippen LogP contribution < -0.4 is 5.32 Å². The van der Waals surface area contributed by atoms with E-state index in [-0.39, 0.29) is 5.91 Å². The normalized spacial score (nSPS) is 15.0. The van der Waals surface area contributed by atoms with Crippen LogP contribution in [0.4, 0.5) is 5.69 Å². The number of nitrogens with one attached hydrogen (secondary N) is 1. The van der Waals surface area contributed by atoms with E-state index in [0.717, 1.165) is 41.6 Å². The van der Waals surface area contributed by atoms with Gasteiger partial charge in [-0.3, -0.25) is 4.79 Å². The van der Waals surface area contributed by atoms with Crippen LogP contribution in [0.3, 0.4) is 0 Å². The molecular weight excluding hydrogens is 372 g/mol. The molecule has 2 heterocycles. The zero-order valence-corrected chi connectivity index (χ0v) is 17.1. The molecule has 0 spiro atoms. The maximum absolute atomic E-state index is 13.0. The number of benzene rings is 1. The molecule has 6 nitrogen and oxygen atoms in total. The van der Waals surface area contributed by atoms with Crippen molar-refractivity contribution in [1.29, 1.82) is 0 Å². The van der Waals surface area contributed by atoms with Gasteiger partial charge >= 0.3 is 0 Å². The van der Waals surface area contributed by atoms with Crippen molar-refractivity contribution in [2.24, 2.45) is 0 Å². The van der Waals surface area contributed by atoms with Crippen molar-refractivity contribution in [3.05, 3.63) is 48.4 Å². The van der Waals surface area contributed by atoms with Gasteiger partial charge in [-0.15, -0.1) is 10.2 Å².